The van der Waals surface area contributed by atoms with E-state index in [2.05, 4.69) is 0 Å². The summed E-state index contributed by atoms with van der Waals surface area (Å²) in [5.74, 6) is -0.547. The zero-order valence-corrected chi connectivity index (χ0v) is 10.4. The van der Waals surface area contributed by atoms with Gasteiger partial charge in [-0.2, -0.15) is 0 Å². The van der Waals surface area contributed by atoms with Gasteiger partial charge in [0.1, 0.15) is 16.9 Å². The van der Waals surface area contributed by atoms with Crippen molar-refractivity contribution in [3.05, 3.63) is 23.3 Å². The second-order valence-electron chi connectivity index (χ2n) is 4.54. The van der Waals surface area contributed by atoms with Crippen LogP contribution in [-0.4, -0.2) is 30.1 Å². The van der Waals surface area contributed by atoms with Gasteiger partial charge in [-0.05, 0) is 31.4 Å². The summed E-state index contributed by atoms with van der Waals surface area (Å²) in [6, 6.07) is 3.37. The molecule has 0 aliphatic heterocycles. The first-order valence-corrected chi connectivity index (χ1v) is 5.71. The van der Waals surface area contributed by atoms with Gasteiger partial charge in [0.15, 0.2) is 6.79 Å². The van der Waals surface area contributed by atoms with Crippen LogP contribution < -0.4 is 4.74 Å². The molecule has 0 aromatic heterocycles. The minimum atomic E-state index is -1.00. The number of methoxy groups -OCH3 is 1. The molecule has 0 unspecified atom stereocenters. The zero-order valence-electron chi connectivity index (χ0n) is 10.4. The number of hydrogen-bond donors (Lipinski definition) is 2. The fourth-order valence-corrected chi connectivity index (χ4v) is 2.08. The van der Waals surface area contributed by atoms with Gasteiger partial charge in [-0.3, -0.25) is 4.79 Å². The fourth-order valence-electron chi connectivity index (χ4n) is 2.08. The molecule has 0 atom stereocenters. The number of carboxylic acid groups (broad SMARTS) is 1. The van der Waals surface area contributed by atoms with Gasteiger partial charge >= 0.3 is 5.97 Å². The van der Waals surface area contributed by atoms with Crippen LogP contribution in [0.4, 0.5) is 0 Å². The largest absolute Gasteiger partial charge is 0.507 e. The number of phenols is 1. The maximum atomic E-state index is 11.4. The molecule has 5 nitrogen and oxygen atoms in total. The van der Waals surface area contributed by atoms with Crippen LogP contribution in [0.5, 0.6) is 11.5 Å². The summed E-state index contributed by atoms with van der Waals surface area (Å²) in [6.45, 7) is 1.75. The maximum absolute atomic E-state index is 11.4. The highest BCUT2D eigenvalue weighted by Crippen LogP contribution is 2.55. The molecule has 5 heteroatoms. The van der Waals surface area contributed by atoms with Gasteiger partial charge < -0.3 is 19.7 Å². The average Bonchev–Trinajstić information content (AvgIpc) is 3.12. The summed E-state index contributed by atoms with van der Waals surface area (Å²) < 4.78 is 10.2. The molecule has 1 saturated carbocycles. The van der Waals surface area contributed by atoms with Gasteiger partial charge in [0.05, 0.1) is 5.56 Å². The van der Waals surface area contributed by atoms with E-state index in [9.17, 15) is 15.0 Å². The summed E-state index contributed by atoms with van der Waals surface area (Å²) in [5.41, 5.74) is 0.00783. The number of carboxylic acids is 1. The van der Waals surface area contributed by atoms with Crippen molar-refractivity contribution >= 4 is 5.97 Å². The Labute approximate surface area is 105 Å². The molecule has 0 radical (unpaired) electrons. The van der Waals surface area contributed by atoms with E-state index in [1.54, 1.807) is 19.1 Å². The molecular formula is C13H16O5. The molecular weight excluding hydrogens is 236 g/mol. The Morgan fingerprint density at radius 1 is 1.44 bits per heavy atom. The lowest BCUT2D eigenvalue weighted by Crippen LogP contribution is -2.21. The molecule has 1 aliphatic rings. The lowest BCUT2D eigenvalue weighted by molar-refractivity contribution is -0.140. The highest BCUT2D eigenvalue weighted by molar-refractivity contribution is 5.87. The van der Waals surface area contributed by atoms with Crippen molar-refractivity contribution in [2.24, 2.45) is 0 Å². The van der Waals surface area contributed by atoms with Crippen LogP contribution in [0.3, 0.4) is 0 Å². The van der Waals surface area contributed by atoms with E-state index in [-0.39, 0.29) is 12.5 Å². The predicted octanol–water partition coefficient (Wildman–Crippen LogP) is 1.80. The molecule has 0 heterocycles. The topological polar surface area (TPSA) is 76.0 Å². The van der Waals surface area contributed by atoms with Gasteiger partial charge in [-0.25, -0.2) is 0 Å². The number of aromatic hydroxyl groups is 1. The van der Waals surface area contributed by atoms with Crippen molar-refractivity contribution in [3.63, 3.8) is 0 Å². The smallest absolute Gasteiger partial charge is 0.314 e. The number of ether oxygens (including phenoxy) is 2. The van der Waals surface area contributed by atoms with Gasteiger partial charge in [0.25, 0.3) is 0 Å². The molecule has 2 N–H and O–H groups in total. The number of hydrogen-bond acceptors (Lipinski definition) is 4. The van der Waals surface area contributed by atoms with Crippen molar-refractivity contribution in [1.29, 1.82) is 0 Å². The van der Waals surface area contributed by atoms with Crippen LogP contribution in [-0.2, 0) is 14.9 Å². The number of phenolic OH excluding ortho intramolecular Hbond substituents is 1. The second-order valence-corrected chi connectivity index (χ2v) is 4.54. The van der Waals surface area contributed by atoms with Crippen LogP contribution in [0.25, 0.3) is 0 Å². The van der Waals surface area contributed by atoms with E-state index < -0.39 is 11.4 Å². The highest BCUT2D eigenvalue weighted by atomic mass is 16.7. The summed E-state index contributed by atoms with van der Waals surface area (Å²) in [7, 11) is 1.48. The van der Waals surface area contributed by atoms with Crippen LogP contribution in [0, 0.1) is 6.92 Å². The molecule has 1 aliphatic carbocycles. The van der Waals surface area contributed by atoms with Crippen LogP contribution in [0.15, 0.2) is 12.1 Å². The van der Waals surface area contributed by atoms with E-state index >= 15 is 0 Å². The van der Waals surface area contributed by atoms with Gasteiger partial charge in [0, 0.05) is 7.11 Å². The number of aliphatic carboxylic acids is 1. The Bertz CT molecular complexity index is 477. The first-order chi connectivity index (χ1) is 8.53. The number of carbonyl (C=O) groups is 1. The quantitative estimate of drug-likeness (QED) is 0.781. The third-order valence-corrected chi connectivity index (χ3v) is 3.31. The van der Waals surface area contributed by atoms with E-state index in [4.69, 9.17) is 9.47 Å². The lowest BCUT2D eigenvalue weighted by atomic mass is 9.92. The summed E-state index contributed by atoms with van der Waals surface area (Å²) in [6.07, 6.45) is 1.03. The predicted molar refractivity (Wildman–Crippen MR) is 63.9 cm³/mol. The fraction of sp³-hybridized carbons (Fsp3) is 0.462. The highest BCUT2D eigenvalue weighted by Gasteiger charge is 2.55. The van der Waals surface area contributed by atoms with E-state index in [0.717, 1.165) is 0 Å². The Balaban J connectivity index is 2.49. The zero-order chi connectivity index (χ0) is 13.3. The summed E-state index contributed by atoms with van der Waals surface area (Å²) >= 11 is 0. The van der Waals surface area contributed by atoms with Crippen LogP contribution in [0.1, 0.15) is 24.0 Å². The Morgan fingerprint density at radius 3 is 2.61 bits per heavy atom. The average molecular weight is 252 g/mol. The molecule has 0 spiro atoms. The standard InChI is InChI=1S/C13H16O5/c1-8-3-4-9(18-7-17-2)10(11(8)14)13(5-6-13)12(15)16/h3-4,14H,5-7H2,1-2H3,(H,15,16). The van der Waals surface area contributed by atoms with Crippen molar-refractivity contribution in [1.82, 2.24) is 0 Å². The number of benzene rings is 1. The van der Waals surface area contributed by atoms with E-state index in [0.29, 0.717) is 29.7 Å². The normalized spacial score (nSPS) is 16.3. The third kappa shape index (κ3) is 1.90. The minimum absolute atomic E-state index is 0.00324. The Hall–Kier alpha value is -1.75. The number of rotatable bonds is 5. The second kappa shape index (κ2) is 4.49. The lowest BCUT2D eigenvalue weighted by Gasteiger charge is -2.18. The summed E-state index contributed by atoms with van der Waals surface area (Å²) in [4.78, 5) is 11.4. The maximum Gasteiger partial charge on any atom is 0.314 e. The Morgan fingerprint density at radius 2 is 2.11 bits per heavy atom. The molecule has 1 aromatic rings. The first kappa shape index (κ1) is 12.7. The van der Waals surface area contributed by atoms with Crippen LogP contribution in [0.2, 0.25) is 0 Å². The minimum Gasteiger partial charge on any atom is -0.507 e. The molecule has 0 amide bonds. The van der Waals surface area contributed by atoms with Crippen molar-refractivity contribution in [2.45, 2.75) is 25.2 Å². The SMILES string of the molecule is COCOc1ccc(C)c(O)c1C1(C(=O)O)CC1. The monoisotopic (exact) mass is 252 g/mol. The van der Waals surface area contributed by atoms with Gasteiger partial charge in [-0.1, -0.05) is 6.07 Å². The molecule has 98 valence electrons. The molecule has 1 fully saturated rings. The van der Waals surface area contributed by atoms with Crippen LogP contribution >= 0.6 is 0 Å². The number of aryl methyl sites for hydroxylation is 1. The van der Waals surface area contributed by atoms with Crippen molar-refractivity contribution in [3.8, 4) is 11.5 Å². The van der Waals surface area contributed by atoms with Gasteiger partial charge in [-0.15, -0.1) is 0 Å². The first-order valence-electron chi connectivity index (χ1n) is 5.71. The summed E-state index contributed by atoms with van der Waals surface area (Å²) in [5, 5.41) is 19.4. The molecule has 0 saturated heterocycles. The van der Waals surface area contributed by atoms with E-state index in [1.165, 1.54) is 7.11 Å². The van der Waals surface area contributed by atoms with E-state index in [1.807, 2.05) is 0 Å². The third-order valence-electron chi connectivity index (χ3n) is 3.31. The Kier molecular flexibility index (Phi) is 3.17. The van der Waals surface area contributed by atoms with Crippen molar-refractivity contribution < 1.29 is 24.5 Å². The van der Waals surface area contributed by atoms with Gasteiger partial charge in [0.2, 0.25) is 0 Å². The van der Waals surface area contributed by atoms with Crippen molar-refractivity contribution in [2.75, 3.05) is 13.9 Å². The molecule has 2 rings (SSSR count). The molecule has 1 aromatic carbocycles. The molecule has 18 heavy (non-hydrogen) atoms. The molecule has 0 bridgehead atoms.